The van der Waals surface area contributed by atoms with E-state index in [1.165, 1.54) is 30.5 Å². The maximum atomic E-state index is 13.7. The van der Waals surface area contributed by atoms with Crippen LogP contribution in [0, 0.1) is 5.82 Å². The van der Waals surface area contributed by atoms with Gasteiger partial charge in [-0.05, 0) is 52.9 Å². The fourth-order valence-corrected chi connectivity index (χ4v) is 3.10. The number of aromatic carboxylic acids is 1. The van der Waals surface area contributed by atoms with Crippen LogP contribution in [0.25, 0.3) is 0 Å². The molecule has 0 atom stereocenters. The minimum Gasteiger partial charge on any atom is -0.478 e. The first kappa shape index (κ1) is 14.2. The highest BCUT2D eigenvalue weighted by Gasteiger charge is 2.29. The van der Waals surface area contributed by atoms with Crippen LogP contribution in [0.4, 0.5) is 4.39 Å². The minimum atomic E-state index is -1.23. The summed E-state index contributed by atoms with van der Waals surface area (Å²) < 4.78 is 13.7. The summed E-state index contributed by atoms with van der Waals surface area (Å²) in [7, 11) is 0. The van der Waals surface area contributed by atoms with Crippen LogP contribution in [0.3, 0.4) is 0 Å². The first-order valence-electron chi connectivity index (χ1n) is 6.90. The van der Waals surface area contributed by atoms with E-state index in [0.717, 1.165) is 12.1 Å². The molecule has 1 aliphatic carbocycles. The average Bonchev–Trinajstić information content (AvgIpc) is 3.16. The topological polar surface area (TPSA) is 40.5 Å². The SMILES string of the molecule is O=C(O)c1ccc(CN(Cc2ccsc2)C2CC2)cc1F. The number of carboxylic acids is 1. The monoisotopic (exact) mass is 305 g/mol. The number of halogens is 1. The molecule has 21 heavy (non-hydrogen) atoms. The molecule has 3 rings (SSSR count). The maximum Gasteiger partial charge on any atom is 0.338 e. The fraction of sp³-hybridized carbons (Fsp3) is 0.312. The van der Waals surface area contributed by atoms with Gasteiger partial charge in [0.05, 0.1) is 5.56 Å². The standard InChI is InChI=1S/C16H16FNO2S/c17-15-7-11(1-4-14(15)16(19)20)8-18(13-2-3-13)9-12-5-6-21-10-12/h1,4-7,10,13H,2-3,8-9H2,(H,19,20). The Hall–Kier alpha value is -1.72. The molecule has 1 saturated carbocycles. The van der Waals surface area contributed by atoms with Crippen LogP contribution in [-0.4, -0.2) is 22.0 Å². The molecule has 2 aromatic rings. The van der Waals surface area contributed by atoms with Crippen molar-refractivity contribution in [1.29, 1.82) is 0 Å². The number of hydrogen-bond acceptors (Lipinski definition) is 3. The molecule has 110 valence electrons. The van der Waals surface area contributed by atoms with Crippen molar-refractivity contribution in [3.63, 3.8) is 0 Å². The van der Waals surface area contributed by atoms with Crippen molar-refractivity contribution in [3.05, 3.63) is 57.5 Å². The van der Waals surface area contributed by atoms with E-state index >= 15 is 0 Å². The fourth-order valence-electron chi connectivity index (χ4n) is 2.44. The molecule has 0 amide bonds. The summed E-state index contributed by atoms with van der Waals surface area (Å²) in [5, 5.41) is 13.0. The van der Waals surface area contributed by atoms with Gasteiger partial charge < -0.3 is 5.11 Å². The normalized spacial score (nSPS) is 14.6. The van der Waals surface area contributed by atoms with Crippen LogP contribution in [0.1, 0.15) is 34.3 Å². The van der Waals surface area contributed by atoms with Crippen molar-refractivity contribution in [2.75, 3.05) is 0 Å². The van der Waals surface area contributed by atoms with Gasteiger partial charge in [0.25, 0.3) is 0 Å². The summed E-state index contributed by atoms with van der Waals surface area (Å²) in [6.45, 7) is 1.51. The van der Waals surface area contributed by atoms with Crippen LogP contribution in [0.5, 0.6) is 0 Å². The second-order valence-corrected chi connectivity index (χ2v) is 6.17. The maximum absolute atomic E-state index is 13.7. The largest absolute Gasteiger partial charge is 0.478 e. The zero-order chi connectivity index (χ0) is 14.8. The highest BCUT2D eigenvalue weighted by Crippen LogP contribution is 2.30. The lowest BCUT2D eigenvalue weighted by Gasteiger charge is -2.21. The van der Waals surface area contributed by atoms with Crippen LogP contribution < -0.4 is 0 Å². The van der Waals surface area contributed by atoms with E-state index in [0.29, 0.717) is 12.6 Å². The van der Waals surface area contributed by atoms with Gasteiger partial charge in [0, 0.05) is 19.1 Å². The number of nitrogens with zero attached hydrogens (tertiary/aromatic N) is 1. The Balaban J connectivity index is 1.73. The lowest BCUT2D eigenvalue weighted by Crippen LogP contribution is -2.25. The molecule has 1 fully saturated rings. The highest BCUT2D eigenvalue weighted by molar-refractivity contribution is 7.07. The number of rotatable bonds is 6. The third kappa shape index (κ3) is 3.49. The van der Waals surface area contributed by atoms with Crippen molar-refractivity contribution < 1.29 is 14.3 Å². The Labute approximate surface area is 126 Å². The van der Waals surface area contributed by atoms with Gasteiger partial charge in [-0.1, -0.05) is 6.07 Å². The predicted molar refractivity (Wildman–Crippen MR) is 79.9 cm³/mol. The molecule has 1 aromatic heterocycles. The van der Waals surface area contributed by atoms with Gasteiger partial charge in [0.1, 0.15) is 5.82 Å². The number of benzene rings is 1. The van der Waals surface area contributed by atoms with Crippen molar-refractivity contribution in [2.45, 2.75) is 32.0 Å². The molecule has 1 aliphatic rings. The molecule has 0 bridgehead atoms. The Morgan fingerprint density at radius 2 is 2.05 bits per heavy atom. The van der Waals surface area contributed by atoms with Gasteiger partial charge in [-0.25, -0.2) is 9.18 Å². The van der Waals surface area contributed by atoms with E-state index in [2.05, 4.69) is 21.7 Å². The van der Waals surface area contributed by atoms with Gasteiger partial charge in [0.15, 0.2) is 0 Å². The zero-order valence-corrected chi connectivity index (χ0v) is 12.3. The van der Waals surface area contributed by atoms with Crippen molar-refractivity contribution in [2.24, 2.45) is 0 Å². The molecular formula is C16H16FNO2S. The first-order chi connectivity index (χ1) is 10.1. The second kappa shape index (κ2) is 5.95. The van der Waals surface area contributed by atoms with Crippen LogP contribution in [0.2, 0.25) is 0 Å². The lowest BCUT2D eigenvalue weighted by molar-refractivity contribution is 0.0692. The van der Waals surface area contributed by atoms with E-state index < -0.39 is 11.8 Å². The predicted octanol–water partition coefficient (Wildman–Crippen LogP) is 3.75. The van der Waals surface area contributed by atoms with Gasteiger partial charge in [-0.2, -0.15) is 11.3 Å². The number of carboxylic acid groups (broad SMARTS) is 1. The molecule has 0 spiro atoms. The van der Waals surface area contributed by atoms with E-state index in [4.69, 9.17) is 5.11 Å². The van der Waals surface area contributed by atoms with E-state index in [9.17, 15) is 9.18 Å². The van der Waals surface area contributed by atoms with Crippen molar-refractivity contribution in [3.8, 4) is 0 Å². The summed E-state index contributed by atoms with van der Waals surface area (Å²) in [5.74, 6) is -1.89. The molecule has 0 unspecified atom stereocenters. The number of hydrogen-bond donors (Lipinski definition) is 1. The van der Waals surface area contributed by atoms with E-state index in [1.54, 1.807) is 17.4 Å². The zero-order valence-electron chi connectivity index (χ0n) is 11.5. The van der Waals surface area contributed by atoms with Crippen LogP contribution in [0.15, 0.2) is 35.0 Å². The summed E-state index contributed by atoms with van der Waals surface area (Å²) in [6.07, 6.45) is 2.36. The number of thiophene rings is 1. The Morgan fingerprint density at radius 1 is 1.29 bits per heavy atom. The van der Waals surface area contributed by atoms with E-state index in [1.807, 2.05) is 0 Å². The van der Waals surface area contributed by atoms with E-state index in [-0.39, 0.29) is 5.56 Å². The quantitative estimate of drug-likeness (QED) is 0.883. The molecule has 1 heterocycles. The Morgan fingerprint density at radius 3 is 2.62 bits per heavy atom. The molecule has 0 saturated heterocycles. The molecule has 1 aromatic carbocycles. The molecule has 0 radical (unpaired) electrons. The molecule has 5 heteroatoms. The van der Waals surface area contributed by atoms with Gasteiger partial charge in [-0.15, -0.1) is 0 Å². The summed E-state index contributed by atoms with van der Waals surface area (Å²) in [4.78, 5) is 13.2. The molecule has 3 nitrogen and oxygen atoms in total. The Bertz CT molecular complexity index is 638. The summed E-state index contributed by atoms with van der Waals surface area (Å²) in [6, 6.07) is 7.06. The molecule has 0 aliphatic heterocycles. The van der Waals surface area contributed by atoms with Crippen LogP contribution >= 0.6 is 11.3 Å². The van der Waals surface area contributed by atoms with Crippen LogP contribution in [-0.2, 0) is 13.1 Å². The average molecular weight is 305 g/mol. The van der Waals surface area contributed by atoms with Gasteiger partial charge >= 0.3 is 5.97 Å². The minimum absolute atomic E-state index is 0.269. The smallest absolute Gasteiger partial charge is 0.338 e. The highest BCUT2D eigenvalue weighted by atomic mass is 32.1. The second-order valence-electron chi connectivity index (χ2n) is 5.39. The molecular weight excluding hydrogens is 289 g/mol. The lowest BCUT2D eigenvalue weighted by atomic mass is 10.1. The first-order valence-corrected chi connectivity index (χ1v) is 7.84. The number of carbonyl (C=O) groups is 1. The van der Waals surface area contributed by atoms with Crippen molar-refractivity contribution in [1.82, 2.24) is 4.90 Å². The summed E-state index contributed by atoms with van der Waals surface area (Å²) >= 11 is 1.68. The van der Waals surface area contributed by atoms with Gasteiger partial charge in [0.2, 0.25) is 0 Å². The third-order valence-electron chi connectivity index (χ3n) is 3.68. The molecule has 1 N–H and O–H groups in total. The summed E-state index contributed by atoms with van der Waals surface area (Å²) in [5.41, 5.74) is 1.82. The van der Waals surface area contributed by atoms with Crippen molar-refractivity contribution >= 4 is 17.3 Å². The Kier molecular flexibility index (Phi) is 4.03. The third-order valence-corrected chi connectivity index (χ3v) is 4.41. The van der Waals surface area contributed by atoms with Gasteiger partial charge in [-0.3, -0.25) is 4.90 Å².